The van der Waals surface area contributed by atoms with E-state index >= 15 is 0 Å². The Hall–Kier alpha value is -1.88. The van der Waals surface area contributed by atoms with Gasteiger partial charge < -0.3 is 15.4 Å². The molecule has 0 bridgehead atoms. The van der Waals surface area contributed by atoms with Crippen LogP contribution in [0.4, 0.5) is 0 Å². The van der Waals surface area contributed by atoms with Crippen LogP contribution in [0.3, 0.4) is 0 Å². The van der Waals surface area contributed by atoms with Gasteiger partial charge in [-0.2, -0.15) is 0 Å². The standard InChI is InChI=1S/C21H32N2O3/c1-14(2)18(20(25)22-12-15-10-11-26-13-15)23-19(24)16-6-8-17(9-7-16)21(3,4)5/h6-9,14-15,18H,10-13H2,1-5H3,(H,22,25)(H,23,24). The Morgan fingerprint density at radius 3 is 2.35 bits per heavy atom. The van der Waals surface area contributed by atoms with Crippen molar-refractivity contribution in [2.45, 2.75) is 52.5 Å². The van der Waals surface area contributed by atoms with Gasteiger partial charge >= 0.3 is 0 Å². The zero-order valence-corrected chi connectivity index (χ0v) is 16.6. The third-order valence-electron chi connectivity index (χ3n) is 4.84. The topological polar surface area (TPSA) is 67.4 Å². The highest BCUT2D eigenvalue weighted by Crippen LogP contribution is 2.22. The lowest BCUT2D eigenvalue weighted by Gasteiger charge is -2.23. The van der Waals surface area contributed by atoms with Crippen LogP contribution in [-0.4, -0.2) is 37.6 Å². The smallest absolute Gasteiger partial charge is 0.251 e. The van der Waals surface area contributed by atoms with E-state index in [0.29, 0.717) is 24.6 Å². The fourth-order valence-corrected chi connectivity index (χ4v) is 2.98. The summed E-state index contributed by atoms with van der Waals surface area (Å²) in [6.07, 6.45) is 0.971. The quantitative estimate of drug-likeness (QED) is 0.820. The third-order valence-corrected chi connectivity index (χ3v) is 4.84. The van der Waals surface area contributed by atoms with Crippen LogP contribution in [0.15, 0.2) is 24.3 Å². The molecule has 0 aromatic heterocycles. The second-order valence-electron chi connectivity index (χ2n) is 8.50. The maximum Gasteiger partial charge on any atom is 0.251 e. The Labute approximate surface area is 156 Å². The van der Waals surface area contributed by atoms with E-state index < -0.39 is 6.04 Å². The molecule has 0 radical (unpaired) electrons. The molecule has 5 heteroatoms. The van der Waals surface area contributed by atoms with Gasteiger partial charge in [0.2, 0.25) is 5.91 Å². The van der Waals surface area contributed by atoms with E-state index in [9.17, 15) is 9.59 Å². The first-order chi connectivity index (χ1) is 12.2. The Kier molecular flexibility index (Phi) is 6.81. The molecule has 2 unspecified atom stereocenters. The normalized spacial score (nSPS) is 18.6. The molecule has 2 rings (SSSR count). The predicted molar refractivity (Wildman–Crippen MR) is 103 cm³/mol. The van der Waals surface area contributed by atoms with Gasteiger partial charge in [0, 0.05) is 24.6 Å². The Morgan fingerprint density at radius 1 is 1.19 bits per heavy atom. The largest absolute Gasteiger partial charge is 0.381 e. The second kappa shape index (κ2) is 8.67. The monoisotopic (exact) mass is 360 g/mol. The van der Waals surface area contributed by atoms with Crippen LogP contribution < -0.4 is 10.6 Å². The summed E-state index contributed by atoms with van der Waals surface area (Å²) in [5.41, 5.74) is 1.78. The molecule has 0 aliphatic carbocycles. The number of rotatable bonds is 6. The molecular weight excluding hydrogens is 328 g/mol. The van der Waals surface area contributed by atoms with E-state index in [1.807, 2.05) is 38.1 Å². The van der Waals surface area contributed by atoms with Gasteiger partial charge in [0.25, 0.3) is 5.91 Å². The van der Waals surface area contributed by atoms with Crippen molar-refractivity contribution in [1.29, 1.82) is 0 Å². The van der Waals surface area contributed by atoms with Gasteiger partial charge in [-0.15, -0.1) is 0 Å². The van der Waals surface area contributed by atoms with Gasteiger partial charge in [-0.3, -0.25) is 9.59 Å². The van der Waals surface area contributed by atoms with Crippen molar-refractivity contribution in [3.63, 3.8) is 0 Å². The van der Waals surface area contributed by atoms with Gasteiger partial charge in [0.05, 0.1) is 6.61 Å². The molecule has 1 aromatic rings. The highest BCUT2D eigenvalue weighted by atomic mass is 16.5. The van der Waals surface area contributed by atoms with E-state index in [-0.39, 0.29) is 23.1 Å². The van der Waals surface area contributed by atoms with Gasteiger partial charge in [-0.1, -0.05) is 46.8 Å². The summed E-state index contributed by atoms with van der Waals surface area (Å²) in [5, 5.41) is 5.84. The fraction of sp³-hybridized carbons (Fsp3) is 0.619. The summed E-state index contributed by atoms with van der Waals surface area (Å²) < 4.78 is 5.33. The molecule has 1 fully saturated rings. The molecule has 26 heavy (non-hydrogen) atoms. The molecule has 5 nitrogen and oxygen atoms in total. The third kappa shape index (κ3) is 5.56. The van der Waals surface area contributed by atoms with E-state index in [1.54, 1.807) is 0 Å². The molecule has 1 saturated heterocycles. The summed E-state index contributed by atoms with van der Waals surface area (Å²) in [7, 11) is 0. The minimum atomic E-state index is -0.549. The zero-order valence-electron chi connectivity index (χ0n) is 16.6. The Balaban J connectivity index is 1.97. The number of ether oxygens (including phenoxy) is 1. The maximum atomic E-state index is 12.6. The van der Waals surface area contributed by atoms with Gasteiger partial charge in [0.1, 0.15) is 6.04 Å². The molecule has 1 aliphatic rings. The molecule has 144 valence electrons. The minimum absolute atomic E-state index is 0.00706. The lowest BCUT2D eigenvalue weighted by Crippen LogP contribution is -2.50. The summed E-state index contributed by atoms with van der Waals surface area (Å²) in [6.45, 7) is 12.3. The fourth-order valence-electron chi connectivity index (χ4n) is 2.98. The molecule has 1 aliphatic heterocycles. The van der Waals surface area contributed by atoms with Crippen LogP contribution in [-0.2, 0) is 14.9 Å². The van der Waals surface area contributed by atoms with Gasteiger partial charge in [-0.05, 0) is 35.4 Å². The van der Waals surface area contributed by atoms with Crippen molar-refractivity contribution in [1.82, 2.24) is 10.6 Å². The molecule has 1 aromatic carbocycles. The molecule has 0 spiro atoms. The van der Waals surface area contributed by atoms with Crippen LogP contribution in [0, 0.1) is 11.8 Å². The molecule has 2 N–H and O–H groups in total. The second-order valence-corrected chi connectivity index (χ2v) is 8.50. The summed E-state index contributed by atoms with van der Waals surface area (Å²) in [4.78, 5) is 25.1. The van der Waals surface area contributed by atoms with E-state index in [0.717, 1.165) is 13.0 Å². The number of nitrogens with one attached hydrogen (secondary N) is 2. The van der Waals surface area contributed by atoms with E-state index in [4.69, 9.17) is 4.74 Å². The number of carbonyl (C=O) groups excluding carboxylic acids is 2. The number of hydrogen-bond acceptors (Lipinski definition) is 3. The highest BCUT2D eigenvalue weighted by Gasteiger charge is 2.26. The first kappa shape index (κ1) is 20.4. The number of carbonyl (C=O) groups is 2. The number of hydrogen-bond donors (Lipinski definition) is 2. The maximum absolute atomic E-state index is 12.6. The van der Waals surface area contributed by atoms with Crippen molar-refractivity contribution in [2.75, 3.05) is 19.8 Å². The van der Waals surface area contributed by atoms with E-state index in [2.05, 4.69) is 31.4 Å². The van der Waals surface area contributed by atoms with E-state index in [1.165, 1.54) is 5.56 Å². The zero-order chi connectivity index (χ0) is 19.3. The first-order valence-electron chi connectivity index (χ1n) is 9.45. The molecule has 0 saturated carbocycles. The van der Waals surface area contributed by atoms with Crippen LogP contribution in [0.5, 0.6) is 0 Å². The van der Waals surface area contributed by atoms with Crippen LogP contribution in [0.25, 0.3) is 0 Å². The van der Waals surface area contributed by atoms with Crippen LogP contribution in [0.2, 0.25) is 0 Å². The first-order valence-corrected chi connectivity index (χ1v) is 9.45. The summed E-state index contributed by atoms with van der Waals surface area (Å²) in [5.74, 6) is 0.0232. The lowest BCUT2D eigenvalue weighted by atomic mass is 9.86. The van der Waals surface area contributed by atoms with Crippen molar-refractivity contribution in [3.8, 4) is 0 Å². The van der Waals surface area contributed by atoms with Gasteiger partial charge in [0.15, 0.2) is 0 Å². The SMILES string of the molecule is CC(C)C(NC(=O)c1ccc(C(C)(C)C)cc1)C(=O)NCC1CCOC1. The highest BCUT2D eigenvalue weighted by molar-refractivity contribution is 5.97. The van der Waals surface area contributed by atoms with Crippen molar-refractivity contribution >= 4 is 11.8 Å². The average Bonchev–Trinajstić information content (AvgIpc) is 3.10. The number of amides is 2. The van der Waals surface area contributed by atoms with Crippen molar-refractivity contribution in [2.24, 2.45) is 11.8 Å². The Morgan fingerprint density at radius 2 is 1.85 bits per heavy atom. The van der Waals surface area contributed by atoms with Crippen LogP contribution >= 0.6 is 0 Å². The van der Waals surface area contributed by atoms with Crippen molar-refractivity contribution < 1.29 is 14.3 Å². The molecular formula is C21H32N2O3. The average molecular weight is 360 g/mol. The van der Waals surface area contributed by atoms with Crippen molar-refractivity contribution in [3.05, 3.63) is 35.4 Å². The van der Waals surface area contributed by atoms with Crippen LogP contribution in [0.1, 0.15) is 57.0 Å². The molecule has 2 amide bonds. The summed E-state index contributed by atoms with van der Waals surface area (Å²) >= 11 is 0. The predicted octanol–water partition coefficient (Wildman–Crippen LogP) is 2.89. The lowest BCUT2D eigenvalue weighted by molar-refractivity contribution is -0.124. The summed E-state index contributed by atoms with van der Waals surface area (Å²) in [6, 6.07) is 7.04. The molecule has 1 heterocycles. The minimum Gasteiger partial charge on any atom is -0.381 e. The number of benzene rings is 1. The Bertz CT molecular complexity index is 611. The molecule has 2 atom stereocenters. The van der Waals surface area contributed by atoms with Gasteiger partial charge in [-0.25, -0.2) is 0 Å².